The molecule has 1 aromatic carbocycles. The SMILES string of the molecule is CCCNC(c1cc(F)ccc1OC)c1snnc1CC. The lowest BCUT2D eigenvalue weighted by molar-refractivity contribution is 0.402. The molecule has 0 aliphatic carbocycles. The van der Waals surface area contributed by atoms with Crippen LogP contribution < -0.4 is 10.1 Å². The second kappa shape index (κ2) is 7.47. The Labute approximate surface area is 128 Å². The van der Waals surface area contributed by atoms with E-state index < -0.39 is 0 Å². The van der Waals surface area contributed by atoms with E-state index in [9.17, 15) is 4.39 Å². The van der Waals surface area contributed by atoms with Crippen LogP contribution in [0.1, 0.15) is 42.4 Å². The third-order valence-electron chi connectivity index (χ3n) is 3.28. The van der Waals surface area contributed by atoms with Gasteiger partial charge >= 0.3 is 0 Å². The second-order valence-corrected chi connectivity index (χ2v) is 5.50. The van der Waals surface area contributed by atoms with E-state index in [0.29, 0.717) is 5.75 Å². The van der Waals surface area contributed by atoms with Crippen molar-refractivity contribution >= 4 is 11.5 Å². The molecular weight excluding hydrogens is 289 g/mol. The van der Waals surface area contributed by atoms with Crippen LogP contribution in [0, 0.1) is 5.82 Å². The first-order chi connectivity index (χ1) is 10.2. The van der Waals surface area contributed by atoms with Crippen LogP contribution >= 0.6 is 11.5 Å². The van der Waals surface area contributed by atoms with Gasteiger partial charge in [0, 0.05) is 5.56 Å². The fourth-order valence-electron chi connectivity index (χ4n) is 2.24. The maximum atomic E-state index is 13.7. The maximum Gasteiger partial charge on any atom is 0.124 e. The summed E-state index contributed by atoms with van der Waals surface area (Å²) in [5, 5.41) is 7.61. The molecule has 21 heavy (non-hydrogen) atoms. The number of halogens is 1. The molecule has 1 aromatic heterocycles. The number of methoxy groups -OCH3 is 1. The van der Waals surface area contributed by atoms with Crippen LogP contribution in [0.5, 0.6) is 5.75 Å². The summed E-state index contributed by atoms with van der Waals surface area (Å²) >= 11 is 1.35. The Hall–Kier alpha value is -1.53. The first-order valence-corrected chi connectivity index (χ1v) is 7.86. The highest BCUT2D eigenvalue weighted by atomic mass is 32.1. The van der Waals surface area contributed by atoms with Gasteiger partial charge in [0.2, 0.25) is 0 Å². The topological polar surface area (TPSA) is 47.0 Å². The smallest absolute Gasteiger partial charge is 0.124 e. The Kier molecular flexibility index (Phi) is 5.64. The minimum absolute atomic E-state index is 0.148. The number of aryl methyl sites for hydroxylation is 1. The Balaban J connectivity index is 2.47. The third-order valence-corrected chi connectivity index (χ3v) is 4.11. The van der Waals surface area contributed by atoms with E-state index >= 15 is 0 Å². The van der Waals surface area contributed by atoms with Crippen molar-refractivity contribution in [2.75, 3.05) is 13.7 Å². The molecule has 1 atom stereocenters. The molecule has 6 heteroatoms. The minimum Gasteiger partial charge on any atom is -0.496 e. The summed E-state index contributed by atoms with van der Waals surface area (Å²) in [5.41, 5.74) is 1.73. The van der Waals surface area contributed by atoms with Crippen LogP contribution in [0.15, 0.2) is 18.2 Å². The predicted molar refractivity (Wildman–Crippen MR) is 82.4 cm³/mol. The van der Waals surface area contributed by atoms with Crippen LogP contribution in [0.25, 0.3) is 0 Å². The van der Waals surface area contributed by atoms with Gasteiger partial charge in [0.15, 0.2) is 0 Å². The van der Waals surface area contributed by atoms with Crippen molar-refractivity contribution in [3.8, 4) is 5.75 Å². The Morgan fingerprint density at radius 1 is 1.38 bits per heavy atom. The van der Waals surface area contributed by atoms with Gasteiger partial charge in [0.25, 0.3) is 0 Å². The minimum atomic E-state index is -0.273. The number of nitrogens with zero attached hydrogens (tertiary/aromatic N) is 2. The highest BCUT2D eigenvalue weighted by molar-refractivity contribution is 7.05. The molecule has 0 aliphatic rings. The number of nitrogens with one attached hydrogen (secondary N) is 1. The molecule has 0 amide bonds. The van der Waals surface area contributed by atoms with Gasteiger partial charge in [0.05, 0.1) is 23.7 Å². The van der Waals surface area contributed by atoms with Crippen LogP contribution in [-0.2, 0) is 6.42 Å². The van der Waals surface area contributed by atoms with Gasteiger partial charge in [-0.3, -0.25) is 0 Å². The normalized spacial score (nSPS) is 12.4. The van der Waals surface area contributed by atoms with E-state index in [2.05, 4.69) is 21.8 Å². The summed E-state index contributed by atoms with van der Waals surface area (Å²) in [7, 11) is 1.60. The van der Waals surface area contributed by atoms with Crippen molar-refractivity contribution in [2.45, 2.75) is 32.7 Å². The summed E-state index contributed by atoms with van der Waals surface area (Å²) in [6.45, 7) is 4.96. The first kappa shape index (κ1) is 15.9. The average Bonchev–Trinajstić information content (AvgIpc) is 2.96. The molecule has 4 nitrogen and oxygen atoms in total. The first-order valence-electron chi connectivity index (χ1n) is 7.09. The van der Waals surface area contributed by atoms with E-state index in [4.69, 9.17) is 4.74 Å². The van der Waals surface area contributed by atoms with E-state index in [1.54, 1.807) is 13.2 Å². The lowest BCUT2D eigenvalue weighted by atomic mass is 10.0. The molecule has 1 N–H and O–H groups in total. The summed E-state index contributed by atoms with van der Waals surface area (Å²) < 4.78 is 23.1. The van der Waals surface area contributed by atoms with Gasteiger partial charge in [-0.25, -0.2) is 4.39 Å². The number of benzene rings is 1. The highest BCUT2D eigenvalue weighted by Crippen LogP contribution is 2.33. The zero-order valence-electron chi connectivity index (χ0n) is 12.5. The maximum absolute atomic E-state index is 13.7. The van der Waals surface area contributed by atoms with Gasteiger partial charge in [-0.2, -0.15) is 0 Å². The second-order valence-electron chi connectivity index (χ2n) is 4.71. The molecule has 2 aromatic rings. The van der Waals surface area contributed by atoms with E-state index in [1.807, 2.05) is 6.92 Å². The molecule has 1 unspecified atom stereocenters. The van der Waals surface area contributed by atoms with E-state index in [-0.39, 0.29) is 11.9 Å². The average molecular weight is 309 g/mol. The summed E-state index contributed by atoms with van der Waals surface area (Å²) in [6.07, 6.45) is 1.79. The fourth-order valence-corrected chi connectivity index (χ4v) is 3.08. The zero-order chi connectivity index (χ0) is 15.2. The van der Waals surface area contributed by atoms with Crippen molar-refractivity contribution in [1.29, 1.82) is 0 Å². The summed E-state index contributed by atoms with van der Waals surface area (Å²) in [6, 6.07) is 4.44. The van der Waals surface area contributed by atoms with Gasteiger partial charge < -0.3 is 10.1 Å². The van der Waals surface area contributed by atoms with Crippen molar-refractivity contribution in [3.63, 3.8) is 0 Å². The molecule has 1 heterocycles. The van der Waals surface area contributed by atoms with E-state index in [0.717, 1.165) is 35.5 Å². The van der Waals surface area contributed by atoms with Gasteiger partial charge in [-0.05, 0) is 49.1 Å². The molecule has 0 fully saturated rings. The summed E-state index contributed by atoms with van der Waals surface area (Å²) in [5.74, 6) is 0.394. The van der Waals surface area contributed by atoms with E-state index in [1.165, 1.54) is 23.7 Å². The number of rotatable bonds is 7. The molecule has 0 saturated heterocycles. The van der Waals surface area contributed by atoms with Crippen molar-refractivity contribution in [1.82, 2.24) is 14.9 Å². The molecule has 0 aliphatic heterocycles. The van der Waals surface area contributed by atoms with Crippen LogP contribution in [0.2, 0.25) is 0 Å². The predicted octanol–water partition coefficient (Wildman–Crippen LogP) is 3.34. The Morgan fingerprint density at radius 3 is 2.86 bits per heavy atom. The lowest BCUT2D eigenvalue weighted by Crippen LogP contribution is -2.24. The number of hydrogen-bond donors (Lipinski definition) is 1. The monoisotopic (exact) mass is 309 g/mol. The highest BCUT2D eigenvalue weighted by Gasteiger charge is 2.23. The van der Waals surface area contributed by atoms with Crippen LogP contribution in [0.3, 0.4) is 0 Å². The molecule has 0 radical (unpaired) electrons. The molecule has 0 bridgehead atoms. The third kappa shape index (κ3) is 3.57. The molecule has 114 valence electrons. The van der Waals surface area contributed by atoms with Crippen molar-refractivity contribution in [3.05, 3.63) is 40.2 Å². The molecule has 0 spiro atoms. The van der Waals surface area contributed by atoms with Crippen LogP contribution in [0.4, 0.5) is 4.39 Å². The lowest BCUT2D eigenvalue weighted by Gasteiger charge is -2.20. The summed E-state index contributed by atoms with van der Waals surface area (Å²) in [4.78, 5) is 1.02. The van der Waals surface area contributed by atoms with Gasteiger partial charge in [-0.15, -0.1) is 5.10 Å². The number of hydrogen-bond acceptors (Lipinski definition) is 5. The number of aromatic nitrogens is 2. The van der Waals surface area contributed by atoms with Crippen molar-refractivity contribution in [2.24, 2.45) is 0 Å². The quantitative estimate of drug-likeness (QED) is 0.852. The molecule has 0 saturated carbocycles. The number of ether oxygens (including phenoxy) is 1. The largest absolute Gasteiger partial charge is 0.496 e. The van der Waals surface area contributed by atoms with Crippen molar-refractivity contribution < 1.29 is 9.13 Å². The molecular formula is C15H20FN3OS. The van der Waals surface area contributed by atoms with Crippen LogP contribution in [-0.4, -0.2) is 23.2 Å². The Morgan fingerprint density at radius 2 is 2.19 bits per heavy atom. The van der Waals surface area contributed by atoms with Gasteiger partial charge in [-0.1, -0.05) is 18.3 Å². The fraction of sp³-hybridized carbons (Fsp3) is 0.467. The Bertz CT molecular complexity index is 588. The van der Waals surface area contributed by atoms with Gasteiger partial charge in [0.1, 0.15) is 11.6 Å². The molecule has 2 rings (SSSR count). The standard InChI is InChI=1S/C15H20FN3OS/c1-4-8-17-14(15-12(5-2)18-19-21-15)11-9-10(16)6-7-13(11)20-3/h6-7,9,14,17H,4-5,8H2,1-3H3. The zero-order valence-corrected chi connectivity index (χ0v) is 13.3.